The summed E-state index contributed by atoms with van der Waals surface area (Å²) in [5.74, 6) is 1.72. The molecule has 1 saturated heterocycles. The number of rotatable bonds is 2. The summed E-state index contributed by atoms with van der Waals surface area (Å²) in [6.07, 6.45) is 5.67. The highest BCUT2D eigenvalue weighted by Crippen LogP contribution is 2.49. The van der Waals surface area contributed by atoms with E-state index >= 15 is 0 Å². The molecule has 1 amide bonds. The second kappa shape index (κ2) is 6.71. The minimum absolute atomic E-state index is 0.0656. The molecule has 1 saturated carbocycles. The monoisotopic (exact) mass is 400 g/mol. The van der Waals surface area contributed by atoms with Crippen molar-refractivity contribution in [3.63, 3.8) is 0 Å². The summed E-state index contributed by atoms with van der Waals surface area (Å²) < 4.78 is 6.38. The van der Waals surface area contributed by atoms with Crippen molar-refractivity contribution in [2.24, 2.45) is 0 Å². The van der Waals surface area contributed by atoms with Crippen LogP contribution in [-0.2, 0) is 16.9 Å². The van der Waals surface area contributed by atoms with E-state index in [0.717, 1.165) is 53.2 Å². The van der Waals surface area contributed by atoms with Crippen LogP contribution in [-0.4, -0.2) is 30.4 Å². The topological polar surface area (TPSA) is 69.5 Å². The number of anilines is 1. The molecule has 1 aromatic carbocycles. The summed E-state index contributed by atoms with van der Waals surface area (Å²) in [5, 5.41) is 11.5. The minimum Gasteiger partial charge on any atom is -0.459 e. The van der Waals surface area contributed by atoms with Crippen LogP contribution in [0.4, 0.5) is 5.69 Å². The molecule has 1 aromatic heterocycles. The van der Waals surface area contributed by atoms with Gasteiger partial charge >= 0.3 is 0 Å². The van der Waals surface area contributed by atoms with Crippen molar-refractivity contribution in [2.45, 2.75) is 44.2 Å². The first-order valence-corrected chi connectivity index (χ1v) is 10.4. The SMILES string of the molecule is C=C1Nc2c(Cl)cc3cc(CN4CCNC(=O)C4)oc3c2C2(CCCCC2)N1. The van der Waals surface area contributed by atoms with E-state index in [2.05, 4.69) is 33.5 Å². The lowest BCUT2D eigenvalue weighted by atomic mass is 9.74. The molecule has 2 fully saturated rings. The van der Waals surface area contributed by atoms with Crippen molar-refractivity contribution in [1.29, 1.82) is 0 Å². The Hall–Kier alpha value is -2.18. The van der Waals surface area contributed by atoms with E-state index in [0.29, 0.717) is 24.7 Å². The Morgan fingerprint density at radius 1 is 1.25 bits per heavy atom. The summed E-state index contributed by atoms with van der Waals surface area (Å²) in [5.41, 5.74) is 2.76. The molecule has 0 radical (unpaired) electrons. The molecule has 0 atom stereocenters. The number of piperazine rings is 1. The Morgan fingerprint density at radius 2 is 2.07 bits per heavy atom. The van der Waals surface area contributed by atoms with Crippen LogP contribution in [0.1, 0.15) is 43.4 Å². The van der Waals surface area contributed by atoms with Crippen molar-refractivity contribution < 1.29 is 9.21 Å². The maximum atomic E-state index is 11.7. The molecular weight excluding hydrogens is 376 g/mol. The van der Waals surface area contributed by atoms with Gasteiger partial charge in [0, 0.05) is 24.0 Å². The molecule has 28 heavy (non-hydrogen) atoms. The molecular formula is C21H25ClN4O2. The third-order valence-electron chi connectivity index (χ3n) is 6.16. The van der Waals surface area contributed by atoms with E-state index in [-0.39, 0.29) is 11.4 Å². The molecule has 2 aromatic rings. The minimum atomic E-state index is -0.181. The van der Waals surface area contributed by atoms with Crippen LogP contribution < -0.4 is 16.0 Å². The predicted molar refractivity (Wildman–Crippen MR) is 110 cm³/mol. The van der Waals surface area contributed by atoms with Crippen molar-refractivity contribution >= 4 is 34.2 Å². The fraction of sp³-hybridized carbons (Fsp3) is 0.476. The molecule has 1 spiro atoms. The van der Waals surface area contributed by atoms with Crippen molar-refractivity contribution in [3.05, 3.63) is 40.9 Å². The molecule has 3 heterocycles. The number of carbonyl (C=O) groups is 1. The third-order valence-corrected chi connectivity index (χ3v) is 6.46. The number of amides is 1. The Balaban J connectivity index is 1.59. The molecule has 1 aliphatic carbocycles. The fourth-order valence-electron chi connectivity index (χ4n) is 4.97. The summed E-state index contributed by atoms with van der Waals surface area (Å²) in [6, 6.07) is 4.03. The number of carbonyl (C=O) groups excluding carboxylic acids is 1. The molecule has 0 unspecified atom stereocenters. The lowest BCUT2D eigenvalue weighted by Gasteiger charge is -2.44. The Bertz CT molecular complexity index is 961. The van der Waals surface area contributed by atoms with Crippen LogP contribution >= 0.6 is 11.6 Å². The van der Waals surface area contributed by atoms with Gasteiger partial charge in [-0.2, -0.15) is 0 Å². The first kappa shape index (κ1) is 17.9. The van der Waals surface area contributed by atoms with Gasteiger partial charge < -0.3 is 20.4 Å². The maximum Gasteiger partial charge on any atom is 0.234 e. The summed E-state index contributed by atoms with van der Waals surface area (Å²) in [6.45, 7) is 6.65. The number of fused-ring (bicyclic) bond motifs is 4. The third kappa shape index (κ3) is 2.95. The largest absolute Gasteiger partial charge is 0.459 e. The Labute approximate surface area is 169 Å². The molecule has 6 nitrogen and oxygen atoms in total. The van der Waals surface area contributed by atoms with Crippen molar-refractivity contribution in [2.75, 3.05) is 25.0 Å². The molecule has 0 bridgehead atoms. The highest BCUT2D eigenvalue weighted by Gasteiger charge is 2.42. The molecule has 3 aliphatic rings. The second-order valence-corrected chi connectivity index (χ2v) is 8.58. The molecule has 148 valence electrons. The molecule has 7 heteroatoms. The van der Waals surface area contributed by atoms with Gasteiger partial charge in [-0.25, -0.2) is 0 Å². The van der Waals surface area contributed by atoms with Crippen LogP contribution in [0.3, 0.4) is 0 Å². The average molecular weight is 401 g/mol. The number of nitrogens with one attached hydrogen (secondary N) is 3. The van der Waals surface area contributed by atoms with Gasteiger partial charge in [0.05, 0.1) is 35.2 Å². The zero-order chi connectivity index (χ0) is 19.3. The van der Waals surface area contributed by atoms with Crippen LogP contribution in [0.15, 0.2) is 28.9 Å². The van der Waals surface area contributed by atoms with Crippen molar-refractivity contribution in [1.82, 2.24) is 15.5 Å². The standard InChI is InChI=1S/C21H25ClN4O2/c1-13-24-19-16(22)10-14-9-15(11-26-8-7-23-17(27)12-26)28-20(14)18(19)21(25-13)5-3-2-4-6-21/h9-10,24-25H,1-8,11-12H2,(H,23,27). The van der Waals surface area contributed by atoms with Crippen LogP contribution in [0.25, 0.3) is 11.0 Å². The average Bonchev–Trinajstić information content (AvgIpc) is 3.04. The first-order chi connectivity index (χ1) is 13.5. The maximum absolute atomic E-state index is 11.7. The number of furan rings is 1. The summed E-state index contributed by atoms with van der Waals surface area (Å²) >= 11 is 6.67. The van der Waals surface area contributed by atoms with E-state index in [1.807, 2.05) is 6.07 Å². The van der Waals surface area contributed by atoms with Gasteiger partial charge in [0.15, 0.2) is 0 Å². The zero-order valence-corrected chi connectivity index (χ0v) is 16.6. The highest BCUT2D eigenvalue weighted by atomic mass is 35.5. The smallest absolute Gasteiger partial charge is 0.234 e. The quantitative estimate of drug-likeness (QED) is 0.717. The van der Waals surface area contributed by atoms with E-state index in [9.17, 15) is 4.79 Å². The molecule has 3 N–H and O–H groups in total. The first-order valence-electron chi connectivity index (χ1n) is 10.0. The van der Waals surface area contributed by atoms with Gasteiger partial charge in [-0.15, -0.1) is 0 Å². The van der Waals surface area contributed by atoms with Crippen LogP contribution in [0, 0.1) is 0 Å². The van der Waals surface area contributed by atoms with E-state index in [1.165, 1.54) is 19.3 Å². The van der Waals surface area contributed by atoms with Gasteiger partial charge in [-0.05, 0) is 25.0 Å². The number of hydrogen-bond donors (Lipinski definition) is 3. The summed E-state index contributed by atoms with van der Waals surface area (Å²) in [7, 11) is 0. The molecule has 2 aliphatic heterocycles. The molecule has 5 rings (SSSR count). The second-order valence-electron chi connectivity index (χ2n) is 8.17. The zero-order valence-electron chi connectivity index (χ0n) is 15.9. The predicted octanol–water partition coefficient (Wildman–Crippen LogP) is 3.66. The van der Waals surface area contributed by atoms with Gasteiger partial charge in [-0.3, -0.25) is 9.69 Å². The van der Waals surface area contributed by atoms with Gasteiger partial charge in [0.25, 0.3) is 0 Å². The van der Waals surface area contributed by atoms with E-state index < -0.39 is 0 Å². The van der Waals surface area contributed by atoms with Crippen LogP contribution in [0.5, 0.6) is 0 Å². The Morgan fingerprint density at radius 3 is 2.86 bits per heavy atom. The van der Waals surface area contributed by atoms with Crippen LogP contribution in [0.2, 0.25) is 5.02 Å². The number of benzene rings is 1. The summed E-state index contributed by atoms with van der Waals surface area (Å²) in [4.78, 5) is 13.8. The van der Waals surface area contributed by atoms with E-state index in [1.54, 1.807) is 0 Å². The lowest BCUT2D eigenvalue weighted by Crippen LogP contribution is -2.48. The van der Waals surface area contributed by atoms with Gasteiger partial charge in [0.2, 0.25) is 5.91 Å². The van der Waals surface area contributed by atoms with Crippen molar-refractivity contribution in [3.8, 4) is 0 Å². The highest BCUT2D eigenvalue weighted by molar-refractivity contribution is 6.34. The number of halogens is 1. The van der Waals surface area contributed by atoms with Gasteiger partial charge in [0.1, 0.15) is 11.3 Å². The van der Waals surface area contributed by atoms with Gasteiger partial charge in [-0.1, -0.05) is 37.4 Å². The lowest BCUT2D eigenvalue weighted by molar-refractivity contribution is -0.124. The number of hydrogen-bond acceptors (Lipinski definition) is 5. The normalized spacial score (nSPS) is 21.9. The number of nitrogens with zero attached hydrogens (tertiary/aromatic N) is 1. The van der Waals surface area contributed by atoms with E-state index in [4.69, 9.17) is 16.0 Å². The Kier molecular flexibility index (Phi) is 4.29. The fourth-order valence-corrected chi connectivity index (χ4v) is 5.23.